The second-order valence-corrected chi connectivity index (χ2v) is 5.55. The van der Waals surface area contributed by atoms with Gasteiger partial charge < -0.3 is 16.2 Å². The van der Waals surface area contributed by atoms with E-state index in [1.807, 2.05) is 30.3 Å². The van der Waals surface area contributed by atoms with Crippen LogP contribution in [0.1, 0.15) is 13.3 Å². The van der Waals surface area contributed by atoms with Gasteiger partial charge in [0.15, 0.2) is 0 Å². The standard InChI is InChI=1S/C13H18N2O3S/c1-9(19-8-7-11(14)13(17)18)12(16)15-10-5-3-2-4-6-10/h2-6,9,11H,7-8,14H2,1H3,(H,15,16)(H,17,18). The molecule has 0 fully saturated rings. The van der Waals surface area contributed by atoms with Crippen LogP contribution in [0.2, 0.25) is 0 Å². The number of hydrogen-bond acceptors (Lipinski definition) is 4. The minimum absolute atomic E-state index is 0.0971. The summed E-state index contributed by atoms with van der Waals surface area (Å²) in [5.41, 5.74) is 6.14. The fourth-order valence-corrected chi connectivity index (χ4v) is 2.29. The molecule has 0 bridgehead atoms. The summed E-state index contributed by atoms with van der Waals surface area (Å²) < 4.78 is 0. The molecule has 0 saturated carbocycles. The number of nitrogens with one attached hydrogen (secondary N) is 1. The normalized spacial score (nSPS) is 13.6. The van der Waals surface area contributed by atoms with Crippen molar-refractivity contribution in [2.45, 2.75) is 24.6 Å². The SMILES string of the molecule is CC(SCCC(N)C(=O)O)C(=O)Nc1ccccc1. The molecule has 0 saturated heterocycles. The maximum atomic E-state index is 11.8. The number of carboxylic acids is 1. The molecule has 2 unspecified atom stereocenters. The third-order valence-electron chi connectivity index (χ3n) is 2.52. The Bertz CT molecular complexity index is 425. The average molecular weight is 282 g/mol. The molecule has 2 atom stereocenters. The van der Waals surface area contributed by atoms with Crippen LogP contribution in [-0.2, 0) is 9.59 Å². The van der Waals surface area contributed by atoms with Gasteiger partial charge in [0.2, 0.25) is 5.91 Å². The van der Waals surface area contributed by atoms with Crippen molar-refractivity contribution in [3.05, 3.63) is 30.3 Å². The van der Waals surface area contributed by atoms with Crippen molar-refractivity contribution < 1.29 is 14.7 Å². The molecule has 0 aromatic heterocycles. The first-order chi connectivity index (χ1) is 9.00. The smallest absolute Gasteiger partial charge is 0.320 e. The van der Waals surface area contributed by atoms with Crippen LogP contribution in [0.15, 0.2) is 30.3 Å². The zero-order valence-corrected chi connectivity index (χ0v) is 11.5. The van der Waals surface area contributed by atoms with Gasteiger partial charge in [-0.05, 0) is 31.2 Å². The predicted octanol–water partition coefficient (Wildman–Crippen LogP) is 1.55. The van der Waals surface area contributed by atoms with Crippen LogP contribution in [0.5, 0.6) is 0 Å². The van der Waals surface area contributed by atoms with Gasteiger partial charge in [0.05, 0.1) is 5.25 Å². The molecule has 1 amide bonds. The number of hydrogen-bond donors (Lipinski definition) is 3. The first kappa shape index (κ1) is 15.5. The number of nitrogens with two attached hydrogens (primary N) is 1. The Hall–Kier alpha value is -1.53. The van der Waals surface area contributed by atoms with Gasteiger partial charge in [-0.15, -0.1) is 11.8 Å². The third kappa shape index (κ3) is 5.76. The highest BCUT2D eigenvalue weighted by atomic mass is 32.2. The largest absolute Gasteiger partial charge is 0.480 e. The summed E-state index contributed by atoms with van der Waals surface area (Å²) in [6, 6.07) is 8.34. The van der Waals surface area contributed by atoms with E-state index < -0.39 is 12.0 Å². The van der Waals surface area contributed by atoms with E-state index in [2.05, 4.69) is 5.32 Å². The summed E-state index contributed by atoms with van der Waals surface area (Å²) in [5, 5.41) is 11.2. The van der Waals surface area contributed by atoms with Gasteiger partial charge >= 0.3 is 5.97 Å². The van der Waals surface area contributed by atoms with Crippen LogP contribution in [0, 0.1) is 0 Å². The van der Waals surface area contributed by atoms with E-state index in [4.69, 9.17) is 10.8 Å². The van der Waals surface area contributed by atoms with Crippen molar-refractivity contribution in [2.75, 3.05) is 11.1 Å². The first-order valence-corrected chi connectivity index (χ1v) is 7.01. The van der Waals surface area contributed by atoms with Crippen LogP contribution in [-0.4, -0.2) is 34.0 Å². The average Bonchev–Trinajstić information content (AvgIpc) is 2.39. The Morgan fingerprint density at radius 3 is 2.58 bits per heavy atom. The van der Waals surface area contributed by atoms with Gasteiger partial charge in [-0.2, -0.15) is 0 Å². The summed E-state index contributed by atoms with van der Waals surface area (Å²) >= 11 is 1.39. The van der Waals surface area contributed by atoms with Crippen molar-refractivity contribution in [1.82, 2.24) is 0 Å². The lowest BCUT2D eigenvalue weighted by molar-refractivity contribution is -0.138. The highest BCUT2D eigenvalue weighted by Gasteiger charge is 2.16. The molecule has 4 N–H and O–H groups in total. The molecule has 0 aliphatic rings. The minimum Gasteiger partial charge on any atom is -0.480 e. The Balaban J connectivity index is 2.31. The molecule has 6 heteroatoms. The number of para-hydroxylation sites is 1. The molecular formula is C13H18N2O3S. The first-order valence-electron chi connectivity index (χ1n) is 5.96. The maximum Gasteiger partial charge on any atom is 0.320 e. The zero-order chi connectivity index (χ0) is 14.3. The molecule has 5 nitrogen and oxygen atoms in total. The lowest BCUT2D eigenvalue weighted by atomic mass is 10.2. The fraction of sp³-hybridized carbons (Fsp3) is 0.385. The van der Waals surface area contributed by atoms with Gasteiger partial charge in [0.25, 0.3) is 0 Å². The van der Waals surface area contributed by atoms with Crippen molar-refractivity contribution in [3.63, 3.8) is 0 Å². The monoisotopic (exact) mass is 282 g/mol. The van der Waals surface area contributed by atoms with Gasteiger partial charge in [0.1, 0.15) is 6.04 Å². The summed E-state index contributed by atoms with van der Waals surface area (Å²) in [4.78, 5) is 22.4. The molecule has 0 aliphatic heterocycles. The number of aliphatic carboxylic acids is 1. The number of rotatable bonds is 7. The second-order valence-electron chi connectivity index (χ2n) is 4.10. The molecule has 104 valence electrons. The number of carbonyl (C=O) groups is 2. The minimum atomic E-state index is -1.01. The van der Waals surface area contributed by atoms with Crippen molar-refractivity contribution in [1.29, 1.82) is 0 Å². The fourth-order valence-electron chi connectivity index (χ4n) is 1.34. The Kier molecular flexibility index (Phi) is 6.38. The maximum absolute atomic E-state index is 11.8. The van der Waals surface area contributed by atoms with Gasteiger partial charge in [-0.3, -0.25) is 9.59 Å². The molecule has 0 heterocycles. The quantitative estimate of drug-likeness (QED) is 0.705. The highest BCUT2D eigenvalue weighted by Crippen LogP contribution is 2.15. The number of thioether (sulfide) groups is 1. The molecule has 0 aliphatic carbocycles. The van der Waals surface area contributed by atoms with Gasteiger partial charge in [0, 0.05) is 5.69 Å². The molecule has 0 spiro atoms. The van der Waals surface area contributed by atoms with E-state index in [1.54, 1.807) is 6.92 Å². The predicted molar refractivity (Wildman–Crippen MR) is 77.2 cm³/mol. The van der Waals surface area contributed by atoms with Crippen molar-refractivity contribution in [3.8, 4) is 0 Å². The molecule has 0 radical (unpaired) electrons. The lowest BCUT2D eigenvalue weighted by Gasteiger charge is -2.12. The zero-order valence-electron chi connectivity index (χ0n) is 10.7. The third-order valence-corrected chi connectivity index (χ3v) is 3.71. The van der Waals surface area contributed by atoms with Crippen LogP contribution in [0.4, 0.5) is 5.69 Å². The molecule has 1 rings (SSSR count). The molecule has 1 aromatic rings. The Labute approximate surface area is 116 Å². The van der Waals surface area contributed by atoms with E-state index in [0.29, 0.717) is 12.2 Å². The summed E-state index contributed by atoms with van der Waals surface area (Å²) in [5.74, 6) is -0.571. The van der Waals surface area contributed by atoms with E-state index in [-0.39, 0.29) is 11.2 Å². The lowest BCUT2D eigenvalue weighted by Crippen LogP contribution is -2.31. The van der Waals surface area contributed by atoms with Crippen LogP contribution >= 0.6 is 11.8 Å². The van der Waals surface area contributed by atoms with Crippen molar-refractivity contribution >= 4 is 29.3 Å². The van der Waals surface area contributed by atoms with Gasteiger partial charge in [-0.25, -0.2) is 0 Å². The Morgan fingerprint density at radius 1 is 1.37 bits per heavy atom. The van der Waals surface area contributed by atoms with E-state index in [9.17, 15) is 9.59 Å². The summed E-state index contributed by atoms with van der Waals surface area (Å²) in [6.45, 7) is 1.79. The van der Waals surface area contributed by atoms with Crippen LogP contribution < -0.4 is 11.1 Å². The highest BCUT2D eigenvalue weighted by molar-refractivity contribution is 8.00. The summed E-state index contributed by atoms with van der Waals surface area (Å²) in [7, 11) is 0. The van der Waals surface area contributed by atoms with Crippen LogP contribution in [0.3, 0.4) is 0 Å². The molecule has 19 heavy (non-hydrogen) atoms. The number of carbonyl (C=O) groups excluding carboxylic acids is 1. The van der Waals surface area contributed by atoms with E-state index >= 15 is 0 Å². The Morgan fingerprint density at radius 2 is 2.00 bits per heavy atom. The van der Waals surface area contributed by atoms with Crippen molar-refractivity contribution in [2.24, 2.45) is 5.73 Å². The van der Waals surface area contributed by atoms with E-state index in [1.165, 1.54) is 11.8 Å². The number of carboxylic acid groups (broad SMARTS) is 1. The van der Waals surface area contributed by atoms with Crippen LogP contribution in [0.25, 0.3) is 0 Å². The second kappa shape index (κ2) is 7.81. The summed E-state index contributed by atoms with van der Waals surface area (Å²) in [6.07, 6.45) is 0.350. The molecule has 1 aromatic carbocycles. The number of benzene rings is 1. The van der Waals surface area contributed by atoms with E-state index in [0.717, 1.165) is 5.69 Å². The topological polar surface area (TPSA) is 92.4 Å². The van der Waals surface area contributed by atoms with Gasteiger partial charge in [-0.1, -0.05) is 18.2 Å². The molecular weight excluding hydrogens is 264 g/mol. The number of amides is 1. The number of anilines is 1.